The predicted octanol–water partition coefficient (Wildman–Crippen LogP) is 11.6. The van der Waals surface area contributed by atoms with Crippen LogP contribution in [0, 0.1) is 0 Å². The molecule has 4 aliphatic rings. The van der Waals surface area contributed by atoms with Crippen LogP contribution in [0.2, 0.25) is 0 Å². The van der Waals surface area contributed by atoms with Gasteiger partial charge in [-0.1, -0.05) is 91.0 Å². The van der Waals surface area contributed by atoms with Crippen LogP contribution in [0.5, 0.6) is 0 Å². The van der Waals surface area contributed by atoms with Gasteiger partial charge in [0.15, 0.2) is 0 Å². The third-order valence-electron chi connectivity index (χ3n) is 13.0. The number of aromatic nitrogens is 5. The maximum absolute atomic E-state index is 4.82. The Kier molecular flexibility index (Phi) is 16.9. The summed E-state index contributed by atoms with van der Waals surface area (Å²) in [5, 5.41) is 3.69. The van der Waals surface area contributed by atoms with Gasteiger partial charge in [-0.2, -0.15) is 0 Å². The summed E-state index contributed by atoms with van der Waals surface area (Å²) in [7, 11) is 4.33. The summed E-state index contributed by atoms with van der Waals surface area (Å²) in [5.74, 6) is 1.02. The van der Waals surface area contributed by atoms with Gasteiger partial charge in [-0.3, -0.25) is 14.8 Å². The molecule has 352 valence electrons. The summed E-state index contributed by atoms with van der Waals surface area (Å²) in [6, 6.07) is 33.6. The average molecular weight is 943 g/mol. The molecule has 3 aliphatic carbocycles. The molecule has 2 unspecified atom stereocenters. The number of pyridine rings is 1. The topological polar surface area (TPSA) is 95.2 Å². The molecule has 10 rings (SSSR count). The molecule has 10 nitrogen and oxygen atoms in total. The molecule has 68 heavy (non-hydrogen) atoms. The van der Waals surface area contributed by atoms with Crippen molar-refractivity contribution < 1.29 is 0 Å². The maximum atomic E-state index is 4.82. The number of aryl methyl sites for hydroxylation is 1. The summed E-state index contributed by atoms with van der Waals surface area (Å²) < 4.78 is 4.62. The van der Waals surface area contributed by atoms with E-state index in [1.165, 1.54) is 86.7 Å². The van der Waals surface area contributed by atoms with Crippen molar-refractivity contribution in [2.45, 2.75) is 106 Å². The number of fused-ring (bicyclic) bond motifs is 1. The Morgan fingerprint density at radius 1 is 0.647 bits per heavy atom. The standard InChI is InChI=1S/2C28H33N5S/c1-32(18-22-8-3-2-4-9-22)34-26-13-5-10-23(16-26)19-33(20-25-17-29-21-31-25)27-14-6-11-24-12-7-15-30-28(24)27;1-32(19-22-8-3-2-4-9-22)34-25-13-5-10-23(18-25)20-33(21-27-29-16-17-30-27)26-14-6-11-24-12-7-15-31-28(24)26/h3,5,7-10,12-13,15-17,21,27H,2,4,6,11,14,18-20H2,1H3,(H,29,31);2-5,7-10,12-13,16-18,26,31H,6,11,14-15,19-21H2,1H3,(H,29,30). The second kappa shape index (κ2) is 24.2. The Balaban J connectivity index is 0.000000170. The number of dihydropyridines is 1. The van der Waals surface area contributed by atoms with Gasteiger partial charge in [-0.15, -0.1) is 0 Å². The van der Waals surface area contributed by atoms with Gasteiger partial charge in [0.2, 0.25) is 0 Å². The summed E-state index contributed by atoms with van der Waals surface area (Å²) in [4.78, 5) is 27.9. The molecule has 3 aromatic carbocycles. The van der Waals surface area contributed by atoms with E-state index in [0.29, 0.717) is 12.1 Å². The van der Waals surface area contributed by atoms with Gasteiger partial charge < -0.3 is 15.3 Å². The fourth-order valence-corrected chi connectivity index (χ4v) is 11.8. The van der Waals surface area contributed by atoms with Gasteiger partial charge in [0.05, 0.1) is 30.6 Å². The van der Waals surface area contributed by atoms with Gasteiger partial charge in [0.1, 0.15) is 5.82 Å². The first-order valence-electron chi connectivity index (χ1n) is 24.4. The molecule has 6 aromatic rings. The minimum atomic E-state index is 0.317. The lowest BCUT2D eigenvalue weighted by molar-refractivity contribution is 0.155. The predicted molar refractivity (Wildman–Crippen MR) is 279 cm³/mol. The lowest BCUT2D eigenvalue weighted by Gasteiger charge is -2.38. The van der Waals surface area contributed by atoms with Crippen LogP contribution in [-0.2, 0) is 39.1 Å². The van der Waals surface area contributed by atoms with E-state index in [4.69, 9.17) is 4.98 Å². The van der Waals surface area contributed by atoms with Crippen molar-refractivity contribution in [3.05, 3.63) is 209 Å². The van der Waals surface area contributed by atoms with Crippen molar-refractivity contribution >= 4 is 23.9 Å². The molecule has 3 N–H and O–H groups in total. The monoisotopic (exact) mass is 942 g/mol. The smallest absolute Gasteiger partial charge is 0.120 e. The molecule has 0 fully saturated rings. The van der Waals surface area contributed by atoms with Crippen LogP contribution in [0.1, 0.15) is 90.5 Å². The molecule has 0 saturated carbocycles. The molecule has 0 radical (unpaired) electrons. The molecule has 4 heterocycles. The fourth-order valence-electron chi connectivity index (χ4n) is 9.96. The Hall–Kier alpha value is -5.47. The Labute approximate surface area is 412 Å². The van der Waals surface area contributed by atoms with Crippen molar-refractivity contribution in [1.82, 2.24) is 48.6 Å². The first kappa shape index (κ1) is 47.6. The highest BCUT2D eigenvalue weighted by molar-refractivity contribution is 7.97. The number of nitrogens with zero attached hydrogens (tertiary/aromatic N) is 7. The van der Waals surface area contributed by atoms with Crippen molar-refractivity contribution in [3.8, 4) is 0 Å². The van der Waals surface area contributed by atoms with Crippen molar-refractivity contribution in [3.63, 3.8) is 0 Å². The van der Waals surface area contributed by atoms with Crippen LogP contribution in [0.25, 0.3) is 0 Å². The number of aromatic amines is 2. The van der Waals surface area contributed by atoms with Gasteiger partial charge in [0.25, 0.3) is 0 Å². The maximum Gasteiger partial charge on any atom is 0.120 e. The van der Waals surface area contributed by atoms with E-state index in [0.717, 1.165) is 76.6 Å². The van der Waals surface area contributed by atoms with Crippen LogP contribution in [-0.4, -0.2) is 76.6 Å². The zero-order valence-electron chi connectivity index (χ0n) is 39.6. The second-order valence-corrected chi connectivity index (χ2v) is 20.9. The minimum Gasteiger partial charge on any atom is -0.383 e. The van der Waals surface area contributed by atoms with Crippen LogP contribution in [0.4, 0.5) is 0 Å². The van der Waals surface area contributed by atoms with Crippen LogP contribution in [0.15, 0.2) is 179 Å². The highest BCUT2D eigenvalue weighted by atomic mass is 32.2. The van der Waals surface area contributed by atoms with E-state index in [2.05, 4.69) is 179 Å². The largest absolute Gasteiger partial charge is 0.383 e. The van der Waals surface area contributed by atoms with Gasteiger partial charge >= 0.3 is 0 Å². The molecule has 12 heteroatoms. The SMILES string of the molecule is CN(CC1=CCCC=C1)Sc1cccc(CN(Cc2cnc[nH]2)C2CCCc3cccnc32)c1.CN(Cc1ccccc1)Sc1cccc(CN(Cc2ncc[nH]2)C2CCCC3=C2NCC=C3)c1. The highest BCUT2D eigenvalue weighted by Crippen LogP contribution is 2.36. The van der Waals surface area contributed by atoms with Crippen molar-refractivity contribution in [1.29, 1.82) is 0 Å². The van der Waals surface area contributed by atoms with E-state index in [-0.39, 0.29) is 0 Å². The number of nitrogens with one attached hydrogen (secondary N) is 3. The summed E-state index contributed by atoms with van der Waals surface area (Å²) in [6.45, 7) is 6.21. The van der Waals surface area contributed by atoms with E-state index in [1.54, 1.807) is 18.3 Å². The van der Waals surface area contributed by atoms with Crippen LogP contribution in [0.3, 0.4) is 0 Å². The van der Waals surface area contributed by atoms with Crippen LogP contribution >= 0.6 is 23.9 Å². The van der Waals surface area contributed by atoms with Crippen molar-refractivity contribution in [2.24, 2.45) is 0 Å². The van der Waals surface area contributed by atoms with Crippen molar-refractivity contribution in [2.75, 3.05) is 27.2 Å². The summed E-state index contributed by atoms with van der Waals surface area (Å²) in [5.41, 5.74) is 12.1. The minimum absolute atomic E-state index is 0.317. The van der Waals surface area contributed by atoms with Gasteiger partial charge in [-0.25, -0.2) is 18.6 Å². The number of hydrogen-bond donors (Lipinski definition) is 3. The number of rotatable bonds is 18. The van der Waals surface area contributed by atoms with Gasteiger partial charge in [0, 0.05) is 85.2 Å². The average Bonchev–Trinajstić information content (AvgIpc) is 4.10. The zero-order chi connectivity index (χ0) is 46.3. The lowest BCUT2D eigenvalue weighted by Crippen LogP contribution is -2.43. The number of H-pyrrole nitrogens is 2. The number of benzene rings is 3. The molecule has 0 saturated heterocycles. The normalized spacial score (nSPS) is 17.8. The van der Waals surface area contributed by atoms with E-state index in [1.807, 2.05) is 36.7 Å². The molecule has 3 aromatic heterocycles. The molecule has 0 spiro atoms. The van der Waals surface area contributed by atoms with Crippen LogP contribution < -0.4 is 5.32 Å². The molecule has 0 bridgehead atoms. The quantitative estimate of drug-likeness (QED) is 0.0723. The Bertz CT molecular complexity index is 2620. The lowest BCUT2D eigenvalue weighted by atomic mass is 9.89. The van der Waals surface area contributed by atoms with E-state index in [9.17, 15) is 0 Å². The molecule has 2 atom stereocenters. The second-order valence-electron chi connectivity index (χ2n) is 18.3. The third-order valence-corrected chi connectivity index (χ3v) is 14.8. The third kappa shape index (κ3) is 13.4. The molecule has 1 aliphatic heterocycles. The Morgan fingerprint density at radius 2 is 1.40 bits per heavy atom. The highest BCUT2D eigenvalue weighted by Gasteiger charge is 2.30. The molecular weight excluding hydrogens is 877 g/mol. The number of allylic oxidation sites excluding steroid dienone is 4. The first-order valence-corrected chi connectivity index (χ1v) is 25.9. The van der Waals surface area contributed by atoms with E-state index >= 15 is 0 Å². The number of imidazole rings is 2. The Morgan fingerprint density at radius 3 is 2.13 bits per heavy atom. The summed E-state index contributed by atoms with van der Waals surface area (Å²) >= 11 is 3.62. The molecule has 0 amide bonds. The van der Waals surface area contributed by atoms with Gasteiger partial charge in [-0.05, 0) is 153 Å². The fraction of sp³-hybridized carbons (Fsp3) is 0.339. The summed E-state index contributed by atoms with van der Waals surface area (Å²) in [6.07, 6.45) is 30.2. The number of likely N-dealkylation sites (N-methyl/N-ethyl adjacent to an activating group) is 1. The molecular formula is C56H66N10S2. The van der Waals surface area contributed by atoms with E-state index < -0.39 is 0 Å². The zero-order valence-corrected chi connectivity index (χ0v) is 41.3. The number of hydrogen-bond acceptors (Lipinski definition) is 10. The first-order chi connectivity index (χ1) is 33.5.